The van der Waals surface area contributed by atoms with Crippen LogP contribution in [0.15, 0.2) is 48.0 Å². The fraction of sp³-hybridized carbons (Fsp3) is 0.273. The van der Waals surface area contributed by atoms with Crippen LogP contribution in [0.1, 0.15) is 36.8 Å². The van der Waals surface area contributed by atoms with E-state index in [0.717, 1.165) is 40.4 Å². The van der Waals surface area contributed by atoms with E-state index in [0.29, 0.717) is 12.4 Å². The minimum atomic E-state index is -0.318. The third-order valence-electron chi connectivity index (χ3n) is 4.63. The highest BCUT2D eigenvalue weighted by molar-refractivity contribution is 14.1. The van der Waals surface area contributed by atoms with Gasteiger partial charge in [0.05, 0.1) is 3.57 Å². The lowest BCUT2D eigenvalue weighted by molar-refractivity contribution is -0.117. The molecule has 1 aliphatic carbocycles. The minimum Gasteiger partial charge on any atom is -0.488 e. The summed E-state index contributed by atoms with van der Waals surface area (Å²) in [5, 5.41) is 12.3. The highest BCUT2D eigenvalue weighted by atomic mass is 127. The maximum absolute atomic E-state index is 13.0. The van der Waals surface area contributed by atoms with Crippen molar-refractivity contribution < 1.29 is 13.9 Å². The molecule has 1 amide bonds. The van der Waals surface area contributed by atoms with E-state index in [2.05, 4.69) is 27.9 Å². The molecule has 2 aromatic carbocycles. The predicted octanol–water partition coefficient (Wildman–Crippen LogP) is 4.98. The van der Waals surface area contributed by atoms with Crippen molar-refractivity contribution in [2.75, 3.05) is 0 Å². The summed E-state index contributed by atoms with van der Waals surface area (Å²) in [7, 11) is 0. The summed E-state index contributed by atoms with van der Waals surface area (Å²) in [4.78, 5) is 12.3. The first kappa shape index (κ1) is 20.3. The Kier molecular flexibility index (Phi) is 7.04. The SMILES string of the molecule is N#C/C(=C/c1ccc(OCc2ccc(F)cc2)c(I)c1)C(=O)NC1CCCC1. The monoisotopic (exact) mass is 490 g/mol. The summed E-state index contributed by atoms with van der Waals surface area (Å²) in [5.41, 5.74) is 1.73. The number of carbonyl (C=O) groups is 1. The van der Waals surface area contributed by atoms with E-state index in [1.165, 1.54) is 12.1 Å². The normalized spacial score (nSPS) is 14.5. The molecule has 0 saturated heterocycles. The Hall–Kier alpha value is -2.40. The van der Waals surface area contributed by atoms with Crippen LogP contribution in [-0.2, 0) is 11.4 Å². The number of nitrogens with one attached hydrogen (secondary N) is 1. The molecule has 1 saturated carbocycles. The summed E-state index contributed by atoms with van der Waals surface area (Å²) in [6.07, 6.45) is 5.78. The maximum atomic E-state index is 13.0. The van der Waals surface area contributed by atoms with Crippen molar-refractivity contribution in [3.8, 4) is 11.8 Å². The van der Waals surface area contributed by atoms with Gasteiger partial charge in [0.1, 0.15) is 29.8 Å². The van der Waals surface area contributed by atoms with Crippen molar-refractivity contribution >= 4 is 34.6 Å². The fourth-order valence-corrected chi connectivity index (χ4v) is 3.81. The summed E-state index contributed by atoms with van der Waals surface area (Å²) < 4.78 is 19.6. The molecule has 0 bridgehead atoms. The number of carbonyl (C=O) groups excluding carboxylic acids is 1. The average molecular weight is 490 g/mol. The summed E-state index contributed by atoms with van der Waals surface area (Å²) >= 11 is 2.15. The van der Waals surface area contributed by atoms with Gasteiger partial charge in [0.15, 0.2) is 0 Å². The number of nitrogens with zero attached hydrogens (tertiary/aromatic N) is 1. The van der Waals surface area contributed by atoms with Crippen LogP contribution in [0.4, 0.5) is 4.39 Å². The van der Waals surface area contributed by atoms with Crippen LogP contribution in [0.25, 0.3) is 6.08 Å². The number of benzene rings is 2. The molecule has 6 heteroatoms. The lowest BCUT2D eigenvalue weighted by Crippen LogP contribution is -2.33. The zero-order valence-electron chi connectivity index (χ0n) is 15.3. The molecule has 0 radical (unpaired) electrons. The molecule has 28 heavy (non-hydrogen) atoms. The first-order valence-corrected chi connectivity index (χ1v) is 10.2. The molecule has 3 rings (SSSR count). The Morgan fingerprint density at radius 3 is 2.61 bits per heavy atom. The largest absolute Gasteiger partial charge is 0.488 e. The Bertz CT molecular complexity index is 913. The lowest BCUT2D eigenvalue weighted by Gasteiger charge is -2.11. The Balaban J connectivity index is 1.66. The van der Waals surface area contributed by atoms with Crippen molar-refractivity contribution in [2.24, 2.45) is 0 Å². The van der Waals surface area contributed by atoms with Crippen LogP contribution in [0.2, 0.25) is 0 Å². The van der Waals surface area contributed by atoms with Gasteiger partial charge in [-0.25, -0.2) is 4.39 Å². The molecule has 0 aromatic heterocycles. The van der Waals surface area contributed by atoms with E-state index in [1.807, 2.05) is 18.2 Å². The molecule has 2 aromatic rings. The van der Waals surface area contributed by atoms with Gasteiger partial charge in [0.25, 0.3) is 5.91 Å². The van der Waals surface area contributed by atoms with Gasteiger partial charge in [0, 0.05) is 6.04 Å². The first-order chi connectivity index (χ1) is 13.5. The van der Waals surface area contributed by atoms with Crippen LogP contribution in [-0.4, -0.2) is 11.9 Å². The van der Waals surface area contributed by atoms with Gasteiger partial charge in [-0.05, 0) is 76.9 Å². The number of hydrogen-bond donors (Lipinski definition) is 1. The van der Waals surface area contributed by atoms with Crippen LogP contribution < -0.4 is 10.1 Å². The molecule has 0 heterocycles. The average Bonchev–Trinajstić information content (AvgIpc) is 3.19. The third-order valence-corrected chi connectivity index (χ3v) is 5.47. The van der Waals surface area contributed by atoms with Gasteiger partial charge in [-0.3, -0.25) is 4.79 Å². The predicted molar refractivity (Wildman–Crippen MR) is 114 cm³/mol. The van der Waals surface area contributed by atoms with Crippen molar-refractivity contribution in [2.45, 2.75) is 38.3 Å². The number of rotatable bonds is 6. The number of halogens is 2. The molecule has 1 aliphatic rings. The van der Waals surface area contributed by atoms with Crippen molar-refractivity contribution in [3.63, 3.8) is 0 Å². The zero-order valence-corrected chi connectivity index (χ0v) is 17.4. The van der Waals surface area contributed by atoms with Crippen LogP contribution in [0, 0.1) is 20.7 Å². The zero-order chi connectivity index (χ0) is 19.9. The standard InChI is InChI=1S/C22H20FIN2O2/c23-18-8-5-15(6-9-18)14-28-21-10-7-16(12-20(21)24)11-17(13-25)22(27)26-19-3-1-2-4-19/h5-12,19H,1-4,14H2,(H,26,27)/b17-11-. The third kappa shape index (κ3) is 5.55. The van der Waals surface area contributed by atoms with E-state index in [4.69, 9.17) is 4.74 Å². The Morgan fingerprint density at radius 1 is 1.25 bits per heavy atom. The van der Waals surface area contributed by atoms with Gasteiger partial charge in [-0.1, -0.05) is 31.0 Å². The van der Waals surface area contributed by atoms with Gasteiger partial charge < -0.3 is 10.1 Å². The molecule has 0 spiro atoms. The topological polar surface area (TPSA) is 62.1 Å². The van der Waals surface area contributed by atoms with Gasteiger partial charge in [-0.2, -0.15) is 5.26 Å². The number of nitriles is 1. The van der Waals surface area contributed by atoms with E-state index in [9.17, 15) is 14.4 Å². The quantitative estimate of drug-likeness (QED) is 0.353. The van der Waals surface area contributed by atoms with E-state index in [-0.39, 0.29) is 23.3 Å². The Morgan fingerprint density at radius 2 is 1.96 bits per heavy atom. The highest BCUT2D eigenvalue weighted by Crippen LogP contribution is 2.24. The molecular formula is C22H20FIN2O2. The molecule has 144 valence electrons. The van der Waals surface area contributed by atoms with Crippen molar-refractivity contribution in [1.82, 2.24) is 5.32 Å². The molecule has 0 unspecified atom stereocenters. The van der Waals surface area contributed by atoms with Crippen molar-refractivity contribution in [3.05, 3.63) is 68.6 Å². The van der Waals surface area contributed by atoms with E-state index >= 15 is 0 Å². The molecule has 0 aliphatic heterocycles. The van der Waals surface area contributed by atoms with Gasteiger partial charge >= 0.3 is 0 Å². The molecule has 1 fully saturated rings. The first-order valence-electron chi connectivity index (χ1n) is 9.14. The highest BCUT2D eigenvalue weighted by Gasteiger charge is 2.19. The number of amides is 1. The smallest absolute Gasteiger partial charge is 0.262 e. The Labute approximate surface area is 177 Å². The fourth-order valence-electron chi connectivity index (χ4n) is 3.11. The van der Waals surface area contributed by atoms with Gasteiger partial charge in [-0.15, -0.1) is 0 Å². The lowest BCUT2D eigenvalue weighted by atomic mass is 10.1. The van der Waals surface area contributed by atoms with Crippen molar-refractivity contribution in [1.29, 1.82) is 5.26 Å². The molecule has 4 nitrogen and oxygen atoms in total. The minimum absolute atomic E-state index is 0.0997. The van der Waals surface area contributed by atoms with E-state index < -0.39 is 0 Å². The van der Waals surface area contributed by atoms with Crippen LogP contribution >= 0.6 is 22.6 Å². The second-order valence-corrected chi connectivity index (χ2v) is 7.89. The molecular weight excluding hydrogens is 470 g/mol. The second-order valence-electron chi connectivity index (χ2n) is 6.73. The number of hydrogen-bond acceptors (Lipinski definition) is 3. The van der Waals surface area contributed by atoms with Crippen LogP contribution in [0.5, 0.6) is 5.75 Å². The van der Waals surface area contributed by atoms with Crippen LogP contribution in [0.3, 0.4) is 0 Å². The summed E-state index contributed by atoms with van der Waals surface area (Å²) in [6.45, 7) is 0.332. The second kappa shape index (κ2) is 9.69. The molecule has 1 N–H and O–H groups in total. The number of ether oxygens (including phenoxy) is 1. The summed E-state index contributed by atoms with van der Waals surface area (Å²) in [6, 6.07) is 13.8. The summed E-state index contributed by atoms with van der Waals surface area (Å²) in [5.74, 6) is 0.0942. The molecule has 0 atom stereocenters. The maximum Gasteiger partial charge on any atom is 0.262 e. The van der Waals surface area contributed by atoms with Gasteiger partial charge in [0.2, 0.25) is 0 Å². The van der Waals surface area contributed by atoms with E-state index in [1.54, 1.807) is 24.3 Å².